The zero-order valence-electron chi connectivity index (χ0n) is 8.06. The molecule has 0 aliphatic carbocycles. The summed E-state index contributed by atoms with van der Waals surface area (Å²) in [6, 6.07) is 3.37. The molecule has 0 aromatic carbocycles. The molecule has 0 unspecified atom stereocenters. The molecule has 0 aliphatic heterocycles. The van der Waals surface area contributed by atoms with Crippen molar-refractivity contribution in [3.8, 4) is 17.7 Å². The maximum absolute atomic E-state index is 5.63. The molecular formula is C10H6Cl2N4. The number of nitrogens with zero attached hydrogens (tertiary/aromatic N) is 4. The van der Waals surface area contributed by atoms with E-state index in [1.165, 1.54) is 0 Å². The predicted octanol–water partition coefficient (Wildman–Crippen LogP) is 1.91. The number of hydrogen-bond donors (Lipinski definition) is 0. The third-order valence-corrected chi connectivity index (χ3v) is 2.07. The summed E-state index contributed by atoms with van der Waals surface area (Å²) >= 11 is 11.1. The molecule has 0 saturated heterocycles. The van der Waals surface area contributed by atoms with Crippen molar-refractivity contribution in [2.45, 2.75) is 0 Å². The highest BCUT2D eigenvalue weighted by Crippen LogP contribution is 2.06. The van der Waals surface area contributed by atoms with Gasteiger partial charge in [-0.1, -0.05) is 23.4 Å². The Morgan fingerprint density at radius 2 is 2.19 bits per heavy atom. The molecule has 0 bridgehead atoms. The summed E-state index contributed by atoms with van der Waals surface area (Å²) in [4.78, 5) is 0. The van der Waals surface area contributed by atoms with Crippen LogP contribution in [0.4, 0.5) is 0 Å². The number of alkyl halides is 1. The fraction of sp³-hybridized carbons (Fsp3) is 0.100. The molecule has 2 aromatic rings. The summed E-state index contributed by atoms with van der Waals surface area (Å²) in [6.45, 7) is 0. The minimum Gasteiger partial charge on any atom is -0.220 e. The van der Waals surface area contributed by atoms with Gasteiger partial charge in [-0.3, -0.25) is 0 Å². The van der Waals surface area contributed by atoms with Crippen LogP contribution in [0.2, 0.25) is 5.15 Å². The lowest BCUT2D eigenvalue weighted by Crippen LogP contribution is -1.98. The molecule has 4 nitrogen and oxygen atoms in total. The maximum atomic E-state index is 5.63. The second kappa shape index (κ2) is 4.97. The minimum absolute atomic E-state index is 0.298. The second-order valence-corrected chi connectivity index (χ2v) is 3.48. The molecule has 16 heavy (non-hydrogen) atoms. The first-order valence-corrected chi connectivity index (χ1v) is 5.30. The van der Waals surface area contributed by atoms with Crippen LogP contribution in [0.5, 0.6) is 0 Å². The number of hydrogen-bond acceptors (Lipinski definition) is 3. The van der Waals surface area contributed by atoms with E-state index in [2.05, 4.69) is 27.1 Å². The smallest absolute Gasteiger partial charge is 0.175 e. The Morgan fingerprint density at radius 3 is 2.88 bits per heavy atom. The first-order chi connectivity index (χ1) is 7.79. The van der Waals surface area contributed by atoms with E-state index < -0.39 is 0 Å². The van der Waals surface area contributed by atoms with Crippen LogP contribution in [-0.4, -0.2) is 25.9 Å². The molecule has 0 radical (unpaired) electrons. The Labute approximate surface area is 102 Å². The Kier molecular flexibility index (Phi) is 3.40. The van der Waals surface area contributed by atoms with Gasteiger partial charge in [0.1, 0.15) is 0 Å². The average molecular weight is 253 g/mol. The summed E-state index contributed by atoms with van der Waals surface area (Å²) in [7, 11) is 0. The summed E-state index contributed by atoms with van der Waals surface area (Å²) < 4.78 is 1.57. The Morgan fingerprint density at radius 1 is 1.31 bits per heavy atom. The average Bonchev–Trinajstić information content (AvgIpc) is 2.76. The summed E-state index contributed by atoms with van der Waals surface area (Å²) in [5.41, 5.74) is 0.775. The van der Waals surface area contributed by atoms with Crippen molar-refractivity contribution in [1.82, 2.24) is 20.0 Å². The van der Waals surface area contributed by atoms with Gasteiger partial charge in [0.05, 0.1) is 17.6 Å². The third kappa shape index (κ3) is 2.51. The van der Waals surface area contributed by atoms with Gasteiger partial charge in [0.2, 0.25) is 0 Å². The van der Waals surface area contributed by atoms with Gasteiger partial charge in [-0.25, -0.2) is 4.68 Å². The van der Waals surface area contributed by atoms with Crippen LogP contribution in [0, 0.1) is 11.8 Å². The van der Waals surface area contributed by atoms with Crippen molar-refractivity contribution in [2.75, 3.05) is 5.88 Å². The Bertz CT molecular complexity index is 536. The second-order valence-electron chi connectivity index (χ2n) is 2.82. The lowest BCUT2D eigenvalue weighted by Gasteiger charge is -1.96. The largest absolute Gasteiger partial charge is 0.220 e. The fourth-order valence-electron chi connectivity index (χ4n) is 1.08. The molecule has 0 spiro atoms. The van der Waals surface area contributed by atoms with Gasteiger partial charge in [-0.05, 0) is 12.1 Å². The third-order valence-electron chi connectivity index (χ3n) is 1.73. The number of rotatable bonds is 1. The normalized spacial score (nSPS) is 9.62. The first-order valence-electron chi connectivity index (χ1n) is 4.39. The van der Waals surface area contributed by atoms with Crippen LogP contribution >= 0.6 is 23.2 Å². The van der Waals surface area contributed by atoms with E-state index in [9.17, 15) is 0 Å². The SMILES string of the molecule is ClCC#Cc1cnn(-c2ccc(Cl)nn2)c1. The van der Waals surface area contributed by atoms with E-state index in [1.807, 2.05) is 0 Å². The lowest BCUT2D eigenvalue weighted by molar-refractivity contribution is 0.814. The van der Waals surface area contributed by atoms with Gasteiger partial charge in [0.15, 0.2) is 11.0 Å². The molecular weight excluding hydrogens is 247 g/mol. The van der Waals surface area contributed by atoms with Gasteiger partial charge in [-0.15, -0.1) is 21.8 Å². The molecule has 0 fully saturated rings. The van der Waals surface area contributed by atoms with E-state index in [0.29, 0.717) is 16.9 Å². The highest BCUT2D eigenvalue weighted by molar-refractivity contribution is 6.29. The molecule has 0 aliphatic rings. The maximum Gasteiger partial charge on any atom is 0.175 e. The Balaban J connectivity index is 2.28. The van der Waals surface area contributed by atoms with Crippen molar-refractivity contribution in [3.05, 3.63) is 35.2 Å². The van der Waals surface area contributed by atoms with Crippen molar-refractivity contribution in [2.24, 2.45) is 0 Å². The van der Waals surface area contributed by atoms with Crippen molar-refractivity contribution < 1.29 is 0 Å². The van der Waals surface area contributed by atoms with Gasteiger partial charge in [0, 0.05) is 6.20 Å². The standard InChI is InChI=1S/C10H6Cl2N4/c11-5-1-2-8-6-13-16(7-8)10-4-3-9(12)14-15-10/h3-4,6-7H,5H2. The highest BCUT2D eigenvalue weighted by Gasteiger charge is 2.00. The van der Waals surface area contributed by atoms with Gasteiger partial charge in [-0.2, -0.15) is 5.10 Å². The van der Waals surface area contributed by atoms with Crippen molar-refractivity contribution >= 4 is 23.2 Å². The molecule has 6 heteroatoms. The monoisotopic (exact) mass is 252 g/mol. The van der Waals surface area contributed by atoms with Crippen LogP contribution < -0.4 is 0 Å². The molecule has 0 amide bonds. The van der Waals surface area contributed by atoms with Gasteiger partial charge in [0.25, 0.3) is 0 Å². The van der Waals surface area contributed by atoms with Crippen molar-refractivity contribution in [3.63, 3.8) is 0 Å². The predicted molar refractivity (Wildman–Crippen MR) is 61.8 cm³/mol. The van der Waals surface area contributed by atoms with Crippen LogP contribution in [0.15, 0.2) is 24.5 Å². The zero-order valence-corrected chi connectivity index (χ0v) is 9.57. The van der Waals surface area contributed by atoms with Gasteiger partial charge < -0.3 is 0 Å². The highest BCUT2D eigenvalue weighted by atomic mass is 35.5. The molecule has 80 valence electrons. The van der Waals surface area contributed by atoms with Crippen LogP contribution in [0.25, 0.3) is 5.82 Å². The fourth-order valence-corrected chi connectivity index (χ4v) is 1.25. The molecule has 2 heterocycles. The molecule has 0 saturated carbocycles. The van der Waals surface area contributed by atoms with E-state index in [0.717, 1.165) is 5.56 Å². The molecule has 0 atom stereocenters. The molecule has 2 aromatic heterocycles. The molecule has 0 N–H and O–H groups in total. The molecule has 2 rings (SSSR count). The van der Waals surface area contributed by atoms with E-state index in [-0.39, 0.29) is 0 Å². The minimum atomic E-state index is 0.298. The summed E-state index contributed by atoms with van der Waals surface area (Å²) in [5.74, 6) is 6.48. The topological polar surface area (TPSA) is 43.6 Å². The van der Waals surface area contributed by atoms with Crippen LogP contribution in [-0.2, 0) is 0 Å². The first kappa shape index (κ1) is 10.9. The number of halogens is 2. The quantitative estimate of drug-likeness (QED) is 0.576. The lowest BCUT2D eigenvalue weighted by atomic mass is 10.4. The Hall–Kier alpha value is -1.57. The van der Waals surface area contributed by atoms with Crippen LogP contribution in [0.1, 0.15) is 5.56 Å². The summed E-state index contributed by atoms with van der Waals surface area (Å²) in [6.07, 6.45) is 3.38. The summed E-state index contributed by atoms with van der Waals surface area (Å²) in [5, 5.41) is 12.1. The van der Waals surface area contributed by atoms with E-state index in [1.54, 1.807) is 29.2 Å². The van der Waals surface area contributed by atoms with E-state index >= 15 is 0 Å². The zero-order chi connectivity index (χ0) is 11.4. The van der Waals surface area contributed by atoms with Crippen LogP contribution in [0.3, 0.4) is 0 Å². The number of aromatic nitrogens is 4. The van der Waals surface area contributed by atoms with Crippen molar-refractivity contribution in [1.29, 1.82) is 0 Å². The van der Waals surface area contributed by atoms with Gasteiger partial charge >= 0.3 is 0 Å². The van der Waals surface area contributed by atoms with E-state index in [4.69, 9.17) is 23.2 Å².